The highest BCUT2D eigenvalue weighted by Gasteiger charge is 2.12. The number of nitrogens with zero attached hydrogens (tertiary/aromatic N) is 2. The number of hydrogen-bond donors (Lipinski definition) is 0. The molecule has 2 aromatic rings. The fourth-order valence-corrected chi connectivity index (χ4v) is 1.97. The summed E-state index contributed by atoms with van der Waals surface area (Å²) >= 11 is 0. The summed E-state index contributed by atoms with van der Waals surface area (Å²) in [4.78, 5) is 17.5. The number of aromatic nitrogens is 1. The van der Waals surface area contributed by atoms with Crippen LogP contribution in [-0.2, 0) is 6.54 Å². The van der Waals surface area contributed by atoms with Crippen molar-refractivity contribution in [3.8, 4) is 0 Å². The quantitative estimate of drug-likeness (QED) is 0.790. The second-order valence-corrected chi connectivity index (χ2v) is 4.43. The minimum Gasteiger partial charge on any atom is -0.370 e. The number of pyridine rings is 1. The van der Waals surface area contributed by atoms with Gasteiger partial charge in [-0.3, -0.25) is 9.78 Å². The van der Waals surface area contributed by atoms with E-state index in [-0.39, 0.29) is 5.78 Å². The Kier molecular flexibility index (Phi) is 3.90. The maximum absolute atomic E-state index is 13.2. The first-order chi connectivity index (χ1) is 9.08. The number of rotatable bonds is 4. The van der Waals surface area contributed by atoms with Crippen LogP contribution in [0.2, 0.25) is 0 Å². The lowest BCUT2D eigenvalue weighted by Crippen LogP contribution is -2.19. The van der Waals surface area contributed by atoms with E-state index in [0.29, 0.717) is 12.1 Å². The third-order valence-corrected chi connectivity index (χ3v) is 2.89. The molecule has 0 aliphatic heterocycles. The molecule has 0 amide bonds. The van der Waals surface area contributed by atoms with Gasteiger partial charge >= 0.3 is 0 Å². The molecule has 0 spiro atoms. The van der Waals surface area contributed by atoms with E-state index in [4.69, 9.17) is 0 Å². The van der Waals surface area contributed by atoms with E-state index in [2.05, 4.69) is 4.98 Å². The fourth-order valence-electron chi connectivity index (χ4n) is 1.97. The van der Waals surface area contributed by atoms with Gasteiger partial charge in [0.05, 0.1) is 0 Å². The molecule has 4 heteroatoms. The second-order valence-electron chi connectivity index (χ2n) is 4.43. The summed E-state index contributed by atoms with van der Waals surface area (Å²) in [5.41, 5.74) is 2.15. The minimum atomic E-state index is -0.399. The molecule has 1 aromatic heterocycles. The van der Waals surface area contributed by atoms with Crippen LogP contribution in [0, 0.1) is 5.82 Å². The van der Waals surface area contributed by atoms with Crippen molar-refractivity contribution in [2.75, 3.05) is 11.9 Å². The third kappa shape index (κ3) is 3.16. The first-order valence-electron chi connectivity index (χ1n) is 5.98. The predicted octanol–water partition coefficient (Wildman–Crippen LogP) is 3.06. The van der Waals surface area contributed by atoms with Gasteiger partial charge < -0.3 is 4.90 Å². The molecule has 0 aliphatic carbocycles. The summed E-state index contributed by atoms with van der Waals surface area (Å²) in [5.74, 6) is -0.545. The molecular weight excluding hydrogens is 243 g/mol. The lowest BCUT2D eigenvalue weighted by atomic mass is 10.1. The van der Waals surface area contributed by atoms with Crippen LogP contribution in [0.1, 0.15) is 22.8 Å². The minimum absolute atomic E-state index is 0.146. The van der Waals surface area contributed by atoms with Gasteiger partial charge in [-0.25, -0.2) is 4.39 Å². The van der Waals surface area contributed by atoms with Gasteiger partial charge in [-0.2, -0.15) is 0 Å². The van der Waals surface area contributed by atoms with Gasteiger partial charge in [0.25, 0.3) is 0 Å². The third-order valence-electron chi connectivity index (χ3n) is 2.89. The van der Waals surface area contributed by atoms with Crippen molar-refractivity contribution in [3.63, 3.8) is 0 Å². The number of hydrogen-bond acceptors (Lipinski definition) is 3. The maximum atomic E-state index is 13.2. The number of carbonyl (C=O) groups is 1. The molecule has 1 aromatic carbocycles. The van der Waals surface area contributed by atoms with Crippen LogP contribution in [-0.4, -0.2) is 17.8 Å². The molecule has 0 fully saturated rings. The molecule has 98 valence electrons. The molecular formula is C15H15FN2O. The van der Waals surface area contributed by atoms with Gasteiger partial charge in [-0.05, 0) is 36.8 Å². The van der Waals surface area contributed by atoms with E-state index in [0.717, 1.165) is 11.3 Å². The van der Waals surface area contributed by atoms with Crippen molar-refractivity contribution >= 4 is 11.5 Å². The largest absolute Gasteiger partial charge is 0.370 e. The van der Waals surface area contributed by atoms with Gasteiger partial charge in [-0.15, -0.1) is 0 Å². The molecule has 0 saturated heterocycles. The number of ketones is 1. The second kappa shape index (κ2) is 5.61. The SMILES string of the molecule is CC(=O)c1cc(F)ccc1N(C)Cc1cccnc1. The summed E-state index contributed by atoms with van der Waals surface area (Å²) in [7, 11) is 1.87. The van der Waals surface area contributed by atoms with Gasteiger partial charge in [0, 0.05) is 37.2 Å². The van der Waals surface area contributed by atoms with E-state index in [1.54, 1.807) is 18.5 Å². The Balaban J connectivity index is 2.28. The molecule has 0 bridgehead atoms. The van der Waals surface area contributed by atoms with Gasteiger partial charge in [-0.1, -0.05) is 6.07 Å². The lowest BCUT2D eigenvalue weighted by molar-refractivity contribution is 0.101. The summed E-state index contributed by atoms with van der Waals surface area (Å²) in [5, 5.41) is 0. The van der Waals surface area contributed by atoms with Crippen molar-refractivity contribution in [2.45, 2.75) is 13.5 Å². The molecule has 0 radical (unpaired) electrons. The highest BCUT2D eigenvalue weighted by Crippen LogP contribution is 2.22. The normalized spacial score (nSPS) is 10.3. The summed E-state index contributed by atoms with van der Waals surface area (Å²) in [6.45, 7) is 2.05. The zero-order valence-corrected chi connectivity index (χ0v) is 10.9. The molecule has 0 unspecified atom stereocenters. The number of anilines is 1. The van der Waals surface area contributed by atoms with Crippen LogP contribution >= 0.6 is 0 Å². The van der Waals surface area contributed by atoms with Crippen LogP contribution in [0.15, 0.2) is 42.7 Å². The van der Waals surface area contributed by atoms with Gasteiger partial charge in [0.15, 0.2) is 5.78 Å². The molecule has 0 aliphatic rings. The van der Waals surface area contributed by atoms with Crippen molar-refractivity contribution in [3.05, 3.63) is 59.7 Å². The van der Waals surface area contributed by atoms with Crippen LogP contribution in [0.4, 0.5) is 10.1 Å². The highest BCUT2D eigenvalue weighted by molar-refractivity contribution is 5.99. The molecule has 1 heterocycles. The topological polar surface area (TPSA) is 33.2 Å². The number of carbonyl (C=O) groups excluding carboxylic acids is 1. The maximum Gasteiger partial charge on any atom is 0.161 e. The molecule has 0 atom stereocenters. The van der Waals surface area contributed by atoms with Crippen molar-refractivity contribution < 1.29 is 9.18 Å². The Morgan fingerprint density at radius 3 is 2.79 bits per heavy atom. The van der Waals surface area contributed by atoms with E-state index in [9.17, 15) is 9.18 Å². The Morgan fingerprint density at radius 2 is 2.16 bits per heavy atom. The Bertz CT molecular complexity index is 584. The number of Topliss-reactive ketones (excluding diaryl/α,β-unsaturated/α-hetero) is 1. The van der Waals surface area contributed by atoms with Crippen molar-refractivity contribution in [2.24, 2.45) is 0 Å². The van der Waals surface area contributed by atoms with Crippen molar-refractivity contribution in [1.29, 1.82) is 0 Å². The Labute approximate surface area is 111 Å². The first-order valence-corrected chi connectivity index (χ1v) is 5.98. The lowest BCUT2D eigenvalue weighted by Gasteiger charge is -2.21. The monoisotopic (exact) mass is 258 g/mol. The Morgan fingerprint density at radius 1 is 1.37 bits per heavy atom. The van der Waals surface area contributed by atoms with E-state index in [1.165, 1.54) is 19.1 Å². The highest BCUT2D eigenvalue weighted by atomic mass is 19.1. The molecule has 19 heavy (non-hydrogen) atoms. The zero-order chi connectivity index (χ0) is 13.8. The number of benzene rings is 1. The molecule has 0 N–H and O–H groups in total. The number of halogens is 1. The summed E-state index contributed by atoms with van der Waals surface area (Å²) in [6.07, 6.45) is 3.48. The van der Waals surface area contributed by atoms with Crippen LogP contribution in [0.25, 0.3) is 0 Å². The fraction of sp³-hybridized carbons (Fsp3) is 0.200. The Hall–Kier alpha value is -2.23. The average Bonchev–Trinajstić information content (AvgIpc) is 2.39. The molecule has 0 saturated carbocycles. The van der Waals surface area contributed by atoms with Gasteiger partial charge in [0.2, 0.25) is 0 Å². The average molecular weight is 258 g/mol. The molecule has 2 rings (SSSR count). The van der Waals surface area contributed by atoms with Gasteiger partial charge in [0.1, 0.15) is 5.82 Å². The van der Waals surface area contributed by atoms with E-state index < -0.39 is 5.82 Å². The van der Waals surface area contributed by atoms with Crippen molar-refractivity contribution in [1.82, 2.24) is 4.98 Å². The van der Waals surface area contributed by atoms with Crippen LogP contribution < -0.4 is 4.90 Å². The zero-order valence-electron chi connectivity index (χ0n) is 10.9. The van der Waals surface area contributed by atoms with E-state index in [1.807, 2.05) is 24.1 Å². The van der Waals surface area contributed by atoms with E-state index >= 15 is 0 Å². The predicted molar refractivity (Wildman–Crippen MR) is 72.7 cm³/mol. The van der Waals surface area contributed by atoms with Crippen LogP contribution in [0.3, 0.4) is 0 Å². The first kappa shape index (κ1) is 13.2. The molecule has 3 nitrogen and oxygen atoms in total. The summed E-state index contributed by atoms with van der Waals surface area (Å²) < 4.78 is 13.2. The smallest absolute Gasteiger partial charge is 0.161 e. The summed E-state index contributed by atoms with van der Waals surface area (Å²) in [6, 6.07) is 8.08. The standard InChI is InChI=1S/C15H15FN2O/c1-11(19)14-8-13(16)5-6-15(14)18(2)10-12-4-3-7-17-9-12/h3-9H,10H2,1-2H3. The van der Waals surface area contributed by atoms with Crippen LogP contribution in [0.5, 0.6) is 0 Å².